The number of aryl methyl sites for hydroxylation is 2. The van der Waals surface area contributed by atoms with Gasteiger partial charge in [0.05, 0.1) is 6.21 Å². The second kappa shape index (κ2) is 7.93. The molecular formula is C19H20N4S. The average Bonchev–Trinajstić information content (AvgIpc) is 3.02. The van der Waals surface area contributed by atoms with Crippen molar-refractivity contribution in [3.63, 3.8) is 0 Å². The van der Waals surface area contributed by atoms with Crippen molar-refractivity contribution in [1.29, 1.82) is 0 Å². The van der Waals surface area contributed by atoms with Crippen LogP contribution in [0.2, 0.25) is 0 Å². The fraction of sp³-hybridized carbons (Fsp3) is 0.211. The standard InChI is InChI=1S/C19H20N4S/c1-3-18-21-22-19(24-14-16-10-5-4-6-11-16)23(18)20-13-17-12-8-7-9-15(17)2/h4-13H,3,14H2,1-2H3/b20-13+. The minimum absolute atomic E-state index is 0.796. The first kappa shape index (κ1) is 16.5. The number of hydrogen-bond donors (Lipinski definition) is 0. The zero-order valence-corrected chi connectivity index (χ0v) is 14.7. The highest BCUT2D eigenvalue weighted by Crippen LogP contribution is 2.22. The highest BCUT2D eigenvalue weighted by Gasteiger charge is 2.10. The van der Waals surface area contributed by atoms with E-state index in [2.05, 4.69) is 65.5 Å². The Morgan fingerprint density at radius 2 is 1.79 bits per heavy atom. The van der Waals surface area contributed by atoms with Crippen LogP contribution in [0, 0.1) is 6.92 Å². The summed E-state index contributed by atoms with van der Waals surface area (Å²) in [5.74, 6) is 1.72. The maximum absolute atomic E-state index is 4.63. The van der Waals surface area contributed by atoms with Crippen LogP contribution in [0.1, 0.15) is 29.4 Å². The summed E-state index contributed by atoms with van der Waals surface area (Å²) in [6.45, 7) is 4.15. The fourth-order valence-electron chi connectivity index (χ4n) is 2.30. The first-order valence-corrected chi connectivity index (χ1v) is 8.97. The van der Waals surface area contributed by atoms with Crippen LogP contribution in [-0.2, 0) is 12.2 Å². The lowest BCUT2D eigenvalue weighted by molar-refractivity contribution is 0.722. The number of rotatable bonds is 6. The molecule has 0 aliphatic carbocycles. The fourth-order valence-corrected chi connectivity index (χ4v) is 3.16. The van der Waals surface area contributed by atoms with E-state index in [4.69, 9.17) is 0 Å². The Hall–Kier alpha value is -2.40. The van der Waals surface area contributed by atoms with Crippen molar-refractivity contribution in [1.82, 2.24) is 14.9 Å². The van der Waals surface area contributed by atoms with Gasteiger partial charge in [-0.3, -0.25) is 0 Å². The van der Waals surface area contributed by atoms with E-state index in [0.29, 0.717) is 0 Å². The summed E-state index contributed by atoms with van der Waals surface area (Å²) >= 11 is 1.65. The lowest BCUT2D eigenvalue weighted by Crippen LogP contribution is -1.99. The number of benzene rings is 2. The van der Waals surface area contributed by atoms with Crippen LogP contribution in [0.15, 0.2) is 64.9 Å². The van der Waals surface area contributed by atoms with Crippen LogP contribution in [0.25, 0.3) is 0 Å². The zero-order chi connectivity index (χ0) is 16.8. The van der Waals surface area contributed by atoms with E-state index < -0.39 is 0 Å². The Kier molecular flexibility index (Phi) is 5.43. The highest BCUT2D eigenvalue weighted by atomic mass is 32.2. The molecule has 0 fully saturated rings. The zero-order valence-electron chi connectivity index (χ0n) is 13.9. The maximum Gasteiger partial charge on any atom is 0.212 e. The van der Waals surface area contributed by atoms with Gasteiger partial charge in [-0.2, -0.15) is 9.78 Å². The number of thioether (sulfide) groups is 1. The summed E-state index contributed by atoms with van der Waals surface area (Å²) in [6.07, 6.45) is 2.68. The van der Waals surface area contributed by atoms with Crippen molar-refractivity contribution >= 4 is 18.0 Å². The summed E-state index contributed by atoms with van der Waals surface area (Å²) in [7, 11) is 0. The molecule has 2 aromatic carbocycles. The van der Waals surface area contributed by atoms with Crippen molar-refractivity contribution in [2.75, 3.05) is 0 Å². The summed E-state index contributed by atoms with van der Waals surface area (Å²) < 4.78 is 1.85. The van der Waals surface area contributed by atoms with E-state index in [9.17, 15) is 0 Å². The molecule has 0 N–H and O–H groups in total. The lowest BCUT2D eigenvalue weighted by Gasteiger charge is -2.04. The summed E-state index contributed by atoms with van der Waals surface area (Å²) in [6, 6.07) is 18.6. The van der Waals surface area contributed by atoms with Gasteiger partial charge in [0, 0.05) is 12.2 Å². The number of aromatic nitrogens is 3. The van der Waals surface area contributed by atoms with E-state index in [1.807, 2.05) is 29.1 Å². The molecule has 0 aliphatic rings. The van der Waals surface area contributed by atoms with Crippen LogP contribution in [0.4, 0.5) is 0 Å². The van der Waals surface area contributed by atoms with Gasteiger partial charge in [-0.15, -0.1) is 10.2 Å². The molecule has 3 aromatic rings. The molecular weight excluding hydrogens is 316 g/mol. The van der Waals surface area contributed by atoms with E-state index in [-0.39, 0.29) is 0 Å². The molecule has 1 heterocycles. The SMILES string of the molecule is CCc1nnc(SCc2ccccc2)n1/N=C/c1ccccc1C. The molecule has 1 aromatic heterocycles. The van der Waals surface area contributed by atoms with Crippen LogP contribution in [0.3, 0.4) is 0 Å². The van der Waals surface area contributed by atoms with Crippen LogP contribution < -0.4 is 0 Å². The Morgan fingerprint density at radius 3 is 2.54 bits per heavy atom. The Morgan fingerprint density at radius 1 is 1.04 bits per heavy atom. The van der Waals surface area contributed by atoms with Gasteiger partial charge < -0.3 is 0 Å². The van der Waals surface area contributed by atoms with Crippen molar-refractivity contribution in [3.05, 3.63) is 77.1 Å². The molecule has 4 nitrogen and oxygen atoms in total. The molecule has 0 unspecified atom stereocenters. The number of nitrogens with zero attached hydrogens (tertiary/aromatic N) is 4. The third-order valence-electron chi connectivity index (χ3n) is 3.70. The molecule has 122 valence electrons. The second-order valence-electron chi connectivity index (χ2n) is 5.44. The first-order valence-electron chi connectivity index (χ1n) is 7.99. The van der Waals surface area contributed by atoms with Gasteiger partial charge in [-0.1, -0.05) is 73.3 Å². The van der Waals surface area contributed by atoms with Gasteiger partial charge in [0.1, 0.15) is 0 Å². The molecule has 0 aliphatic heterocycles. The van der Waals surface area contributed by atoms with E-state index in [1.165, 1.54) is 11.1 Å². The van der Waals surface area contributed by atoms with Crippen LogP contribution in [-0.4, -0.2) is 21.1 Å². The topological polar surface area (TPSA) is 43.1 Å². The van der Waals surface area contributed by atoms with E-state index in [1.54, 1.807) is 11.8 Å². The average molecular weight is 336 g/mol. The quantitative estimate of drug-likeness (QED) is 0.497. The van der Waals surface area contributed by atoms with Crippen LogP contribution >= 0.6 is 11.8 Å². The Bertz CT molecular complexity index is 824. The number of hydrogen-bond acceptors (Lipinski definition) is 4. The minimum atomic E-state index is 0.796. The third kappa shape index (κ3) is 3.92. The summed E-state index contributed by atoms with van der Waals surface area (Å²) in [5.41, 5.74) is 3.57. The Balaban J connectivity index is 1.81. The molecule has 3 rings (SSSR count). The summed E-state index contributed by atoms with van der Waals surface area (Å²) in [4.78, 5) is 0. The van der Waals surface area contributed by atoms with Gasteiger partial charge >= 0.3 is 0 Å². The van der Waals surface area contributed by atoms with Gasteiger partial charge in [0.15, 0.2) is 5.82 Å². The normalized spacial score (nSPS) is 11.2. The summed E-state index contributed by atoms with van der Waals surface area (Å²) in [5, 5.41) is 14.0. The maximum atomic E-state index is 4.63. The predicted octanol–water partition coefficient (Wildman–Crippen LogP) is 4.32. The van der Waals surface area contributed by atoms with Crippen molar-refractivity contribution in [2.45, 2.75) is 31.2 Å². The smallest absolute Gasteiger partial charge is 0.191 e. The molecule has 0 atom stereocenters. The highest BCUT2D eigenvalue weighted by molar-refractivity contribution is 7.98. The van der Waals surface area contributed by atoms with Gasteiger partial charge in [-0.05, 0) is 23.6 Å². The molecule has 24 heavy (non-hydrogen) atoms. The van der Waals surface area contributed by atoms with Gasteiger partial charge in [-0.25, -0.2) is 0 Å². The Labute approximate surface area is 146 Å². The van der Waals surface area contributed by atoms with Gasteiger partial charge in [0.25, 0.3) is 0 Å². The molecule has 5 heteroatoms. The molecule has 0 amide bonds. The third-order valence-corrected chi connectivity index (χ3v) is 4.69. The lowest BCUT2D eigenvalue weighted by atomic mass is 10.1. The molecule has 0 spiro atoms. The predicted molar refractivity (Wildman–Crippen MR) is 99.6 cm³/mol. The van der Waals surface area contributed by atoms with Crippen molar-refractivity contribution < 1.29 is 0 Å². The molecule has 0 radical (unpaired) electrons. The monoisotopic (exact) mass is 336 g/mol. The molecule has 0 saturated heterocycles. The second-order valence-corrected chi connectivity index (χ2v) is 6.38. The van der Waals surface area contributed by atoms with Crippen molar-refractivity contribution in [2.24, 2.45) is 5.10 Å². The van der Waals surface area contributed by atoms with E-state index >= 15 is 0 Å². The van der Waals surface area contributed by atoms with E-state index in [0.717, 1.165) is 28.7 Å². The van der Waals surface area contributed by atoms with Crippen LogP contribution in [0.5, 0.6) is 0 Å². The molecule has 0 bridgehead atoms. The van der Waals surface area contributed by atoms with Crippen molar-refractivity contribution in [3.8, 4) is 0 Å². The molecule has 0 saturated carbocycles. The first-order chi connectivity index (χ1) is 11.8. The largest absolute Gasteiger partial charge is 0.212 e. The van der Waals surface area contributed by atoms with Gasteiger partial charge in [0.2, 0.25) is 5.16 Å². The minimum Gasteiger partial charge on any atom is -0.191 e.